The van der Waals surface area contributed by atoms with Crippen LogP contribution in [0, 0.1) is 19.7 Å². The van der Waals surface area contributed by atoms with Gasteiger partial charge in [0.2, 0.25) is 0 Å². The van der Waals surface area contributed by atoms with Crippen molar-refractivity contribution in [2.24, 2.45) is 0 Å². The van der Waals surface area contributed by atoms with Crippen LogP contribution in [0.3, 0.4) is 0 Å². The van der Waals surface area contributed by atoms with Gasteiger partial charge < -0.3 is 0 Å². The first kappa shape index (κ1) is 17.7. The zero-order valence-corrected chi connectivity index (χ0v) is 15.4. The van der Waals surface area contributed by atoms with Crippen molar-refractivity contribution in [1.29, 1.82) is 0 Å². The molecular weight excluding hydrogens is 307 g/mol. The van der Waals surface area contributed by atoms with E-state index < -0.39 is 0 Å². The van der Waals surface area contributed by atoms with Crippen LogP contribution in [0.1, 0.15) is 59.1 Å². The fourth-order valence-corrected chi connectivity index (χ4v) is 4.12. The molecule has 0 nitrogen and oxygen atoms in total. The second kappa shape index (κ2) is 7.39. The summed E-state index contributed by atoms with van der Waals surface area (Å²) in [6.07, 6.45) is 6.66. The predicted molar refractivity (Wildman–Crippen MR) is 106 cm³/mol. The number of rotatable bonds is 5. The third-order valence-electron chi connectivity index (χ3n) is 5.44. The molecular formula is C24H27F. The largest absolute Gasteiger partial charge is 0.207 e. The summed E-state index contributed by atoms with van der Waals surface area (Å²) >= 11 is 0. The molecule has 0 saturated heterocycles. The minimum absolute atomic E-state index is 0.209. The molecule has 2 aromatic rings. The van der Waals surface area contributed by atoms with E-state index in [9.17, 15) is 4.39 Å². The van der Waals surface area contributed by atoms with E-state index in [-0.39, 0.29) is 5.82 Å². The molecule has 130 valence electrons. The maximum atomic E-state index is 13.4. The summed E-state index contributed by atoms with van der Waals surface area (Å²) < 4.78 is 13.4. The van der Waals surface area contributed by atoms with Crippen molar-refractivity contribution < 1.29 is 4.39 Å². The van der Waals surface area contributed by atoms with Crippen LogP contribution in [0.4, 0.5) is 4.39 Å². The van der Waals surface area contributed by atoms with E-state index in [0.717, 1.165) is 24.0 Å². The Kier molecular flexibility index (Phi) is 5.22. The van der Waals surface area contributed by atoms with E-state index >= 15 is 0 Å². The highest BCUT2D eigenvalue weighted by molar-refractivity contribution is 5.73. The average Bonchev–Trinajstić information content (AvgIpc) is 2.59. The fourth-order valence-electron chi connectivity index (χ4n) is 4.12. The fraction of sp³-hybridized carbons (Fsp3) is 0.333. The molecule has 0 unspecified atom stereocenters. The number of hydrogen-bond donors (Lipinski definition) is 0. The summed E-state index contributed by atoms with van der Waals surface area (Å²) in [5, 5.41) is 0. The molecule has 0 aromatic heterocycles. The lowest BCUT2D eigenvalue weighted by molar-refractivity contribution is 0.627. The topological polar surface area (TPSA) is 0 Å². The van der Waals surface area contributed by atoms with Gasteiger partial charge in [-0.15, -0.1) is 0 Å². The predicted octanol–water partition coefficient (Wildman–Crippen LogP) is 6.83. The van der Waals surface area contributed by atoms with Crippen LogP contribution in [-0.4, -0.2) is 0 Å². The maximum absolute atomic E-state index is 13.4. The summed E-state index contributed by atoms with van der Waals surface area (Å²) in [6.45, 7) is 12.9. The minimum Gasteiger partial charge on any atom is -0.207 e. The quantitative estimate of drug-likeness (QED) is 0.562. The molecule has 3 rings (SSSR count). The molecule has 1 heteroatoms. The van der Waals surface area contributed by atoms with Crippen LogP contribution in [0.15, 0.2) is 43.5 Å². The van der Waals surface area contributed by atoms with E-state index in [0.29, 0.717) is 0 Å². The van der Waals surface area contributed by atoms with Crippen molar-refractivity contribution in [2.45, 2.75) is 52.4 Å². The third kappa shape index (κ3) is 3.76. The number of fused-ring (bicyclic) bond motifs is 1. The highest BCUT2D eigenvalue weighted by Crippen LogP contribution is 2.34. The van der Waals surface area contributed by atoms with Crippen molar-refractivity contribution >= 4 is 11.1 Å². The van der Waals surface area contributed by atoms with Gasteiger partial charge in [-0.25, -0.2) is 4.39 Å². The molecule has 0 N–H and O–H groups in total. The lowest BCUT2D eigenvalue weighted by Crippen LogP contribution is -2.08. The van der Waals surface area contributed by atoms with Gasteiger partial charge in [-0.1, -0.05) is 31.4 Å². The standard InChI is InChI=1S/C24H27F/c1-16(20-9-7-10-22(25)15-20)12-13-17(2)24-18(3)14-21-8-5-6-11-23(21)19(24)4/h7,9-10,14-15H,1-2,5-6,8,11-13H2,3-4H3. The maximum Gasteiger partial charge on any atom is 0.123 e. The Morgan fingerprint density at radius 1 is 1.00 bits per heavy atom. The summed E-state index contributed by atoms with van der Waals surface area (Å²) in [4.78, 5) is 0. The zero-order valence-electron chi connectivity index (χ0n) is 15.4. The Morgan fingerprint density at radius 3 is 2.48 bits per heavy atom. The lowest BCUT2D eigenvalue weighted by Gasteiger charge is -2.23. The van der Waals surface area contributed by atoms with Crippen molar-refractivity contribution in [3.05, 3.63) is 82.7 Å². The van der Waals surface area contributed by atoms with Crippen LogP contribution in [0.5, 0.6) is 0 Å². The normalized spacial score (nSPS) is 13.4. The Hall–Kier alpha value is -2.15. The van der Waals surface area contributed by atoms with Gasteiger partial charge in [-0.2, -0.15) is 0 Å². The summed E-state index contributed by atoms with van der Waals surface area (Å²) in [6, 6.07) is 9.05. The van der Waals surface area contributed by atoms with E-state index in [1.54, 1.807) is 12.1 Å². The molecule has 0 bridgehead atoms. The highest BCUT2D eigenvalue weighted by atomic mass is 19.1. The number of aryl methyl sites for hydroxylation is 2. The molecule has 1 aliphatic rings. The molecule has 2 aromatic carbocycles. The van der Waals surface area contributed by atoms with Gasteiger partial charge in [-0.3, -0.25) is 0 Å². The number of halogens is 1. The summed E-state index contributed by atoms with van der Waals surface area (Å²) in [5.41, 5.74) is 10.2. The first-order valence-corrected chi connectivity index (χ1v) is 9.21. The van der Waals surface area contributed by atoms with Crippen molar-refractivity contribution in [3.63, 3.8) is 0 Å². The molecule has 0 spiro atoms. The molecule has 25 heavy (non-hydrogen) atoms. The van der Waals surface area contributed by atoms with E-state index in [1.165, 1.54) is 65.1 Å². The number of allylic oxidation sites excluding steroid dienone is 2. The van der Waals surface area contributed by atoms with Crippen molar-refractivity contribution in [2.75, 3.05) is 0 Å². The van der Waals surface area contributed by atoms with Crippen molar-refractivity contribution in [1.82, 2.24) is 0 Å². The van der Waals surface area contributed by atoms with Crippen LogP contribution >= 0.6 is 0 Å². The molecule has 0 aliphatic heterocycles. The highest BCUT2D eigenvalue weighted by Gasteiger charge is 2.17. The summed E-state index contributed by atoms with van der Waals surface area (Å²) in [7, 11) is 0. The van der Waals surface area contributed by atoms with Crippen molar-refractivity contribution in [3.8, 4) is 0 Å². The van der Waals surface area contributed by atoms with Gasteiger partial charge >= 0.3 is 0 Å². The number of benzene rings is 2. The lowest BCUT2D eigenvalue weighted by atomic mass is 9.82. The molecule has 0 saturated carbocycles. The third-order valence-corrected chi connectivity index (χ3v) is 5.44. The first-order chi connectivity index (χ1) is 12.0. The van der Waals surface area contributed by atoms with E-state index in [4.69, 9.17) is 0 Å². The van der Waals surface area contributed by atoms with E-state index in [2.05, 4.69) is 33.1 Å². The average molecular weight is 334 g/mol. The van der Waals surface area contributed by atoms with E-state index in [1.807, 2.05) is 6.07 Å². The molecule has 0 heterocycles. The summed E-state index contributed by atoms with van der Waals surface area (Å²) in [5.74, 6) is -0.209. The Balaban J connectivity index is 1.76. The van der Waals surface area contributed by atoms with Crippen LogP contribution in [-0.2, 0) is 12.8 Å². The monoisotopic (exact) mass is 334 g/mol. The Morgan fingerprint density at radius 2 is 1.72 bits per heavy atom. The Bertz CT molecular complexity index is 826. The molecule has 1 aliphatic carbocycles. The van der Waals surface area contributed by atoms with Gasteiger partial charge in [0.1, 0.15) is 5.82 Å². The van der Waals surface area contributed by atoms with Crippen LogP contribution in [0.25, 0.3) is 11.1 Å². The second-order valence-corrected chi connectivity index (χ2v) is 7.26. The van der Waals surface area contributed by atoms with Crippen LogP contribution in [0.2, 0.25) is 0 Å². The van der Waals surface area contributed by atoms with Gasteiger partial charge in [0.05, 0.1) is 0 Å². The molecule has 0 radical (unpaired) electrons. The van der Waals surface area contributed by atoms with Gasteiger partial charge in [0, 0.05) is 0 Å². The number of hydrogen-bond acceptors (Lipinski definition) is 0. The molecule has 0 amide bonds. The first-order valence-electron chi connectivity index (χ1n) is 9.21. The van der Waals surface area contributed by atoms with Crippen LogP contribution < -0.4 is 0 Å². The zero-order chi connectivity index (χ0) is 18.0. The smallest absolute Gasteiger partial charge is 0.123 e. The Labute approximate surface area is 151 Å². The molecule has 0 fully saturated rings. The van der Waals surface area contributed by atoms with Gasteiger partial charge in [-0.05, 0) is 109 Å². The minimum atomic E-state index is -0.209. The second-order valence-electron chi connectivity index (χ2n) is 7.26. The molecule has 0 atom stereocenters. The van der Waals surface area contributed by atoms with Gasteiger partial charge in [0.15, 0.2) is 0 Å². The van der Waals surface area contributed by atoms with Gasteiger partial charge in [0.25, 0.3) is 0 Å². The SMILES string of the molecule is C=C(CCC(=C)c1c(C)cc2c(c1C)CCCC2)c1cccc(F)c1.